The number of ether oxygens (including phenoxy) is 2. The lowest BCUT2D eigenvalue weighted by Gasteiger charge is -2.38. The van der Waals surface area contributed by atoms with Crippen molar-refractivity contribution in [2.24, 2.45) is 0 Å². The van der Waals surface area contributed by atoms with Gasteiger partial charge in [0.2, 0.25) is 0 Å². The largest absolute Gasteiger partial charge is 0.493 e. The molecule has 29 heavy (non-hydrogen) atoms. The Morgan fingerprint density at radius 3 is 2.76 bits per heavy atom. The predicted molar refractivity (Wildman–Crippen MR) is 112 cm³/mol. The monoisotopic (exact) mass is 415 g/mol. The standard InChI is InChI=1S/C23H26ClNO4/c24-20-4-2-1-3-17(20)8-14-28-18-5-6-19-21(15-18)29-16-23(19)9-12-25(13-10-23)11-7-22(26)27/h1-6,15H,7-14,16H2,(H,26,27). The highest BCUT2D eigenvalue weighted by Gasteiger charge is 2.43. The summed E-state index contributed by atoms with van der Waals surface area (Å²) >= 11 is 6.20. The van der Waals surface area contributed by atoms with E-state index in [0.717, 1.165) is 54.4 Å². The highest BCUT2D eigenvalue weighted by Crippen LogP contribution is 2.46. The van der Waals surface area contributed by atoms with Gasteiger partial charge in [0.05, 0.1) is 19.6 Å². The van der Waals surface area contributed by atoms with Crippen LogP contribution in [0.4, 0.5) is 0 Å². The van der Waals surface area contributed by atoms with Crippen LogP contribution in [0, 0.1) is 0 Å². The Kier molecular flexibility index (Phi) is 5.97. The zero-order chi connectivity index (χ0) is 20.3. The van der Waals surface area contributed by atoms with Crippen LogP contribution in [0.1, 0.15) is 30.4 Å². The van der Waals surface area contributed by atoms with Gasteiger partial charge in [0.25, 0.3) is 0 Å². The van der Waals surface area contributed by atoms with Gasteiger partial charge in [-0.15, -0.1) is 0 Å². The summed E-state index contributed by atoms with van der Waals surface area (Å²) in [5, 5.41) is 9.65. The Hall–Kier alpha value is -2.24. The summed E-state index contributed by atoms with van der Waals surface area (Å²) in [5.41, 5.74) is 2.39. The molecule has 0 atom stereocenters. The summed E-state index contributed by atoms with van der Waals surface area (Å²) in [6.45, 7) is 3.69. The Morgan fingerprint density at radius 1 is 1.21 bits per heavy atom. The lowest BCUT2D eigenvalue weighted by atomic mass is 9.74. The van der Waals surface area contributed by atoms with Crippen LogP contribution in [0.5, 0.6) is 11.5 Å². The summed E-state index contributed by atoms with van der Waals surface area (Å²) in [6, 6.07) is 14.0. The SMILES string of the molecule is O=C(O)CCN1CCC2(CC1)COc1cc(OCCc3ccccc3Cl)ccc12. The number of carboxylic acid groups (broad SMARTS) is 1. The first-order valence-electron chi connectivity index (χ1n) is 10.1. The fourth-order valence-corrected chi connectivity index (χ4v) is 4.53. The number of halogens is 1. The third-order valence-electron chi connectivity index (χ3n) is 6.08. The van der Waals surface area contributed by atoms with Crippen LogP contribution in [0.25, 0.3) is 0 Å². The molecule has 0 unspecified atom stereocenters. The molecule has 2 heterocycles. The van der Waals surface area contributed by atoms with E-state index in [1.165, 1.54) is 5.56 Å². The molecule has 154 valence electrons. The number of carboxylic acids is 1. The van der Waals surface area contributed by atoms with Crippen LogP contribution in [0.3, 0.4) is 0 Å². The van der Waals surface area contributed by atoms with Crippen LogP contribution in [0.15, 0.2) is 42.5 Å². The van der Waals surface area contributed by atoms with Crippen molar-refractivity contribution in [2.45, 2.75) is 31.1 Å². The molecule has 0 aliphatic carbocycles. The predicted octanol–water partition coefficient (Wildman–Crippen LogP) is 4.16. The molecule has 5 nitrogen and oxygen atoms in total. The van der Waals surface area contributed by atoms with E-state index in [1.54, 1.807) is 0 Å². The molecular weight excluding hydrogens is 390 g/mol. The first kappa shape index (κ1) is 20.0. The molecule has 0 amide bonds. The van der Waals surface area contributed by atoms with E-state index in [2.05, 4.69) is 11.0 Å². The lowest BCUT2D eigenvalue weighted by Crippen LogP contribution is -2.44. The van der Waals surface area contributed by atoms with E-state index < -0.39 is 5.97 Å². The third-order valence-corrected chi connectivity index (χ3v) is 6.45. The summed E-state index contributed by atoms with van der Waals surface area (Å²) in [7, 11) is 0. The summed E-state index contributed by atoms with van der Waals surface area (Å²) in [6.07, 6.45) is 2.95. The van der Waals surface area contributed by atoms with Gasteiger partial charge in [-0.05, 0) is 43.6 Å². The number of rotatable bonds is 7. The smallest absolute Gasteiger partial charge is 0.304 e. The van der Waals surface area contributed by atoms with Crippen molar-refractivity contribution in [1.82, 2.24) is 4.90 Å². The van der Waals surface area contributed by atoms with Crippen LogP contribution in [-0.4, -0.2) is 48.8 Å². The van der Waals surface area contributed by atoms with Crippen LogP contribution < -0.4 is 9.47 Å². The molecule has 2 aliphatic rings. The van der Waals surface area contributed by atoms with Crippen molar-refractivity contribution in [3.05, 3.63) is 58.6 Å². The summed E-state index contributed by atoms with van der Waals surface area (Å²) in [4.78, 5) is 13.0. The Bertz CT molecular complexity index is 877. The number of benzene rings is 2. The zero-order valence-electron chi connectivity index (χ0n) is 16.4. The maximum absolute atomic E-state index is 10.8. The number of nitrogens with zero attached hydrogens (tertiary/aromatic N) is 1. The van der Waals surface area contributed by atoms with Gasteiger partial charge in [0.1, 0.15) is 11.5 Å². The fourth-order valence-electron chi connectivity index (χ4n) is 4.30. The number of hydrogen-bond donors (Lipinski definition) is 1. The van der Waals surface area contributed by atoms with Gasteiger partial charge in [0.15, 0.2) is 0 Å². The number of piperidine rings is 1. The van der Waals surface area contributed by atoms with Crippen molar-refractivity contribution < 1.29 is 19.4 Å². The quantitative estimate of drug-likeness (QED) is 0.735. The van der Waals surface area contributed by atoms with Crippen molar-refractivity contribution in [2.75, 3.05) is 32.8 Å². The van der Waals surface area contributed by atoms with Crippen molar-refractivity contribution >= 4 is 17.6 Å². The van der Waals surface area contributed by atoms with E-state index in [9.17, 15) is 4.79 Å². The minimum Gasteiger partial charge on any atom is -0.493 e. The van der Waals surface area contributed by atoms with E-state index in [-0.39, 0.29) is 11.8 Å². The Morgan fingerprint density at radius 2 is 2.00 bits per heavy atom. The number of hydrogen-bond acceptors (Lipinski definition) is 4. The van der Waals surface area contributed by atoms with Gasteiger partial charge in [-0.1, -0.05) is 35.9 Å². The van der Waals surface area contributed by atoms with Gasteiger partial charge in [-0.2, -0.15) is 0 Å². The molecule has 0 radical (unpaired) electrons. The van der Waals surface area contributed by atoms with E-state index in [0.29, 0.717) is 19.8 Å². The van der Waals surface area contributed by atoms with E-state index in [1.807, 2.05) is 36.4 Å². The van der Waals surface area contributed by atoms with Crippen molar-refractivity contribution in [3.8, 4) is 11.5 Å². The van der Waals surface area contributed by atoms with Gasteiger partial charge in [0, 0.05) is 35.0 Å². The molecule has 1 spiro atoms. The van der Waals surface area contributed by atoms with Gasteiger partial charge < -0.3 is 19.5 Å². The zero-order valence-corrected chi connectivity index (χ0v) is 17.2. The molecule has 2 aliphatic heterocycles. The second-order valence-corrected chi connectivity index (χ2v) is 8.31. The first-order chi connectivity index (χ1) is 14.1. The molecule has 0 saturated carbocycles. The highest BCUT2D eigenvalue weighted by atomic mass is 35.5. The van der Waals surface area contributed by atoms with Gasteiger partial charge in [-0.3, -0.25) is 4.79 Å². The van der Waals surface area contributed by atoms with E-state index in [4.69, 9.17) is 26.2 Å². The van der Waals surface area contributed by atoms with Crippen LogP contribution in [0.2, 0.25) is 5.02 Å². The highest BCUT2D eigenvalue weighted by molar-refractivity contribution is 6.31. The fraction of sp³-hybridized carbons (Fsp3) is 0.435. The maximum atomic E-state index is 10.8. The number of likely N-dealkylation sites (tertiary alicyclic amines) is 1. The second kappa shape index (κ2) is 8.64. The molecule has 0 bridgehead atoms. The number of aliphatic carboxylic acids is 1. The van der Waals surface area contributed by atoms with E-state index >= 15 is 0 Å². The lowest BCUT2D eigenvalue weighted by molar-refractivity contribution is -0.137. The Labute approximate surface area is 176 Å². The molecule has 2 aromatic carbocycles. The number of fused-ring (bicyclic) bond motifs is 2. The maximum Gasteiger partial charge on any atom is 0.304 e. The third kappa shape index (κ3) is 4.51. The topological polar surface area (TPSA) is 59.0 Å². The average molecular weight is 416 g/mol. The average Bonchev–Trinajstić information content (AvgIpc) is 3.07. The number of carbonyl (C=O) groups is 1. The molecule has 6 heteroatoms. The van der Waals surface area contributed by atoms with Crippen molar-refractivity contribution in [3.63, 3.8) is 0 Å². The normalized spacial score (nSPS) is 17.7. The second-order valence-electron chi connectivity index (χ2n) is 7.90. The van der Waals surface area contributed by atoms with Gasteiger partial charge >= 0.3 is 5.97 Å². The molecule has 1 fully saturated rings. The van der Waals surface area contributed by atoms with Gasteiger partial charge in [-0.25, -0.2) is 0 Å². The minimum absolute atomic E-state index is 0.0468. The molecule has 1 saturated heterocycles. The molecule has 2 aromatic rings. The summed E-state index contributed by atoms with van der Waals surface area (Å²) in [5.74, 6) is 0.993. The molecule has 4 rings (SSSR count). The minimum atomic E-state index is -0.734. The Balaban J connectivity index is 1.34. The first-order valence-corrected chi connectivity index (χ1v) is 10.5. The van der Waals surface area contributed by atoms with Crippen LogP contribution in [-0.2, 0) is 16.6 Å². The molecule has 1 N–H and O–H groups in total. The van der Waals surface area contributed by atoms with Crippen molar-refractivity contribution in [1.29, 1.82) is 0 Å². The molecular formula is C23H26ClNO4. The van der Waals surface area contributed by atoms with Crippen LogP contribution >= 0.6 is 11.6 Å². The molecule has 0 aromatic heterocycles. The summed E-state index contributed by atoms with van der Waals surface area (Å²) < 4.78 is 12.0.